The Morgan fingerprint density at radius 3 is 2.87 bits per heavy atom. The Morgan fingerprint density at radius 1 is 1.67 bits per heavy atom. The molecule has 2 unspecified atom stereocenters. The van der Waals surface area contributed by atoms with Crippen LogP contribution in [0.2, 0.25) is 0 Å². The third-order valence-corrected chi connectivity index (χ3v) is 3.80. The Balaban J connectivity index is 2.44. The van der Waals surface area contributed by atoms with Gasteiger partial charge in [0.1, 0.15) is 5.25 Å². The highest BCUT2D eigenvalue weighted by molar-refractivity contribution is 7.86. The zero-order chi connectivity index (χ0) is 11.3. The molecule has 0 aromatic carbocycles. The Morgan fingerprint density at radius 2 is 2.40 bits per heavy atom. The van der Waals surface area contributed by atoms with Gasteiger partial charge in [-0.25, -0.2) is 0 Å². The Kier molecular flexibility index (Phi) is 4.48. The maximum atomic E-state index is 11.6. The molecule has 0 aliphatic heterocycles. The predicted octanol–water partition coefficient (Wildman–Crippen LogP) is 0.495. The number of hydrogen-bond donors (Lipinski definition) is 1. The van der Waals surface area contributed by atoms with Crippen molar-refractivity contribution < 1.29 is 14.1 Å². The van der Waals surface area contributed by atoms with Crippen molar-refractivity contribution in [3.63, 3.8) is 0 Å². The van der Waals surface area contributed by atoms with Gasteiger partial charge in [0.25, 0.3) is 0 Å². The molecule has 2 atom stereocenters. The van der Waals surface area contributed by atoms with Gasteiger partial charge in [0, 0.05) is 28.9 Å². The maximum Gasteiger partial charge on any atom is 0.319 e. The molecule has 0 aliphatic carbocycles. The third kappa shape index (κ3) is 3.47. The molecule has 5 nitrogen and oxygen atoms in total. The van der Waals surface area contributed by atoms with E-state index in [2.05, 4.69) is 5.10 Å². The average Bonchev–Trinajstić information content (AvgIpc) is 2.67. The molecule has 1 aromatic heterocycles. The van der Waals surface area contributed by atoms with E-state index in [1.54, 1.807) is 30.1 Å². The Labute approximate surface area is 90.6 Å². The number of carboxylic acids is 1. The van der Waals surface area contributed by atoms with Crippen LogP contribution in [-0.2, 0) is 22.1 Å². The minimum Gasteiger partial charge on any atom is -0.480 e. The zero-order valence-electron chi connectivity index (χ0n) is 8.50. The van der Waals surface area contributed by atoms with Crippen molar-refractivity contribution in [2.45, 2.75) is 25.1 Å². The van der Waals surface area contributed by atoms with Gasteiger partial charge >= 0.3 is 5.97 Å². The molecular weight excluding hydrogens is 216 g/mol. The predicted molar refractivity (Wildman–Crippen MR) is 57.0 cm³/mol. The molecule has 1 rings (SSSR count). The molecule has 0 aliphatic rings. The van der Waals surface area contributed by atoms with E-state index in [4.69, 9.17) is 5.11 Å². The normalized spacial score (nSPS) is 14.7. The van der Waals surface area contributed by atoms with Crippen molar-refractivity contribution in [1.29, 1.82) is 0 Å². The summed E-state index contributed by atoms with van der Waals surface area (Å²) in [5.41, 5.74) is 0. The van der Waals surface area contributed by atoms with Crippen LogP contribution in [0.15, 0.2) is 18.5 Å². The summed E-state index contributed by atoms with van der Waals surface area (Å²) in [6.45, 7) is 2.22. The van der Waals surface area contributed by atoms with Crippen LogP contribution in [0, 0.1) is 0 Å². The highest BCUT2D eigenvalue weighted by Crippen LogP contribution is 2.03. The van der Waals surface area contributed by atoms with Crippen molar-refractivity contribution in [3.05, 3.63) is 18.5 Å². The molecule has 84 valence electrons. The van der Waals surface area contributed by atoms with E-state index in [0.29, 0.717) is 18.7 Å². The zero-order valence-corrected chi connectivity index (χ0v) is 9.31. The lowest BCUT2D eigenvalue weighted by Crippen LogP contribution is -2.27. The van der Waals surface area contributed by atoms with Crippen LogP contribution in [0.5, 0.6) is 0 Å². The van der Waals surface area contributed by atoms with Crippen LogP contribution in [0.25, 0.3) is 0 Å². The highest BCUT2D eigenvalue weighted by atomic mass is 32.2. The number of carboxylic acid groups (broad SMARTS) is 1. The van der Waals surface area contributed by atoms with Crippen LogP contribution < -0.4 is 0 Å². The fourth-order valence-corrected chi connectivity index (χ4v) is 2.48. The molecular formula is C9H14N2O3S. The van der Waals surface area contributed by atoms with Crippen LogP contribution in [0.1, 0.15) is 13.3 Å². The minimum absolute atomic E-state index is 0.326. The van der Waals surface area contributed by atoms with E-state index in [-0.39, 0.29) is 0 Å². The molecule has 0 saturated carbocycles. The topological polar surface area (TPSA) is 72.2 Å². The number of hydrogen-bond acceptors (Lipinski definition) is 3. The van der Waals surface area contributed by atoms with Crippen LogP contribution >= 0.6 is 0 Å². The minimum atomic E-state index is -1.33. The van der Waals surface area contributed by atoms with Gasteiger partial charge in [0.15, 0.2) is 0 Å². The standard InChI is InChI=1S/C9H14N2O3S/c1-2-8(9(12)13)15(14)7-6-11-5-3-4-10-11/h3-5,8H,2,6-7H2,1H3,(H,12,13). The molecule has 1 aromatic rings. The Bertz CT molecular complexity index is 337. The molecule has 0 spiro atoms. The summed E-state index contributed by atoms with van der Waals surface area (Å²) in [6.07, 6.45) is 3.79. The van der Waals surface area contributed by atoms with E-state index in [1.165, 1.54) is 0 Å². The van der Waals surface area contributed by atoms with Gasteiger partial charge in [-0.15, -0.1) is 0 Å². The van der Waals surface area contributed by atoms with Crippen LogP contribution in [-0.4, -0.2) is 36.1 Å². The molecule has 0 amide bonds. The second kappa shape index (κ2) is 5.65. The quantitative estimate of drug-likeness (QED) is 0.772. The number of nitrogens with zero attached hydrogens (tertiary/aromatic N) is 2. The first-order valence-corrected chi connectivity index (χ1v) is 6.10. The second-order valence-electron chi connectivity index (χ2n) is 3.09. The molecule has 1 heterocycles. The van der Waals surface area contributed by atoms with Crippen molar-refractivity contribution in [2.24, 2.45) is 0 Å². The number of aromatic nitrogens is 2. The summed E-state index contributed by atoms with van der Waals surface area (Å²) < 4.78 is 13.2. The fraction of sp³-hybridized carbons (Fsp3) is 0.556. The summed E-state index contributed by atoms with van der Waals surface area (Å²) in [5, 5.41) is 12.0. The molecule has 0 radical (unpaired) electrons. The average molecular weight is 230 g/mol. The summed E-state index contributed by atoms with van der Waals surface area (Å²) in [4.78, 5) is 10.7. The largest absolute Gasteiger partial charge is 0.480 e. The van der Waals surface area contributed by atoms with Crippen molar-refractivity contribution in [1.82, 2.24) is 9.78 Å². The number of rotatable bonds is 6. The molecule has 15 heavy (non-hydrogen) atoms. The van der Waals surface area contributed by atoms with E-state index in [1.807, 2.05) is 0 Å². The lowest BCUT2D eigenvalue weighted by molar-refractivity contribution is -0.136. The van der Waals surface area contributed by atoms with E-state index in [0.717, 1.165) is 0 Å². The smallest absolute Gasteiger partial charge is 0.319 e. The summed E-state index contributed by atoms with van der Waals surface area (Å²) in [7, 11) is -1.33. The van der Waals surface area contributed by atoms with Crippen molar-refractivity contribution in [2.75, 3.05) is 5.75 Å². The van der Waals surface area contributed by atoms with Crippen molar-refractivity contribution in [3.8, 4) is 0 Å². The van der Waals surface area contributed by atoms with Gasteiger partial charge in [0.2, 0.25) is 0 Å². The van der Waals surface area contributed by atoms with Crippen LogP contribution in [0.3, 0.4) is 0 Å². The van der Waals surface area contributed by atoms with E-state index in [9.17, 15) is 9.00 Å². The first-order chi connectivity index (χ1) is 7.15. The van der Waals surface area contributed by atoms with Gasteiger partial charge in [-0.1, -0.05) is 6.92 Å². The number of carbonyl (C=O) groups is 1. The molecule has 0 fully saturated rings. The summed E-state index contributed by atoms with van der Waals surface area (Å²) >= 11 is 0. The monoisotopic (exact) mass is 230 g/mol. The van der Waals surface area contributed by atoms with Gasteiger partial charge in [0.05, 0.1) is 6.54 Å². The molecule has 1 N–H and O–H groups in total. The first-order valence-electron chi connectivity index (χ1n) is 4.72. The SMILES string of the molecule is CCC(C(=O)O)S(=O)CCn1cccn1. The lowest BCUT2D eigenvalue weighted by Gasteiger charge is -2.09. The van der Waals surface area contributed by atoms with Crippen molar-refractivity contribution >= 4 is 16.8 Å². The third-order valence-electron chi connectivity index (χ3n) is 2.04. The lowest BCUT2D eigenvalue weighted by atomic mass is 10.3. The Hall–Kier alpha value is -1.17. The van der Waals surface area contributed by atoms with Gasteiger partial charge in [-0.3, -0.25) is 13.7 Å². The summed E-state index contributed by atoms with van der Waals surface area (Å²) in [6, 6.07) is 1.78. The number of aryl methyl sites for hydroxylation is 1. The van der Waals surface area contributed by atoms with Crippen LogP contribution in [0.4, 0.5) is 0 Å². The number of aliphatic carboxylic acids is 1. The molecule has 6 heteroatoms. The van der Waals surface area contributed by atoms with Gasteiger partial charge < -0.3 is 5.11 Å². The first kappa shape index (κ1) is 11.9. The highest BCUT2D eigenvalue weighted by Gasteiger charge is 2.21. The molecule has 0 bridgehead atoms. The van der Waals surface area contributed by atoms with Gasteiger partial charge in [-0.2, -0.15) is 5.10 Å². The fourth-order valence-electron chi connectivity index (χ4n) is 1.23. The maximum absolute atomic E-state index is 11.6. The van der Waals surface area contributed by atoms with E-state index >= 15 is 0 Å². The second-order valence-corrected chi connectivity index (χ2v) is 4.83. The van der Waals surface area contributed by atoms with Gasteiger partial charge in [-0.05, 0) is 12.5 Å². The summed E-state index contributed by atoms with van der Waals surface area (Å²) in [5.74, 6) is -0.664. The molecule has 0 saturated heterocycles. The van der Waals surface area contributed by atoms with E-state index < -0.39 is 22.0 Å².